The van der Waals surface area contributed by atoms with E-state index in [1.54, 1.807) is 4.52 Å². The Morgan fingerprint density at radius 2 is 2.16 bits per heavy atom. The summed E-state index contributed by atoms with van der Waals surface area (Å²) in [6, 6.07) is 1.99. The molecule has 0 radical (unpaired) electrons. The van der Waals surface area contributed by atoms with E-state index in [1.807, 2.05) is 13.0 Å². The zero-order valence-corrected chi connectivity index (χ0v) is 11.1. The lowest BCUT2D eigenvalue weighted by molar-refractivity contribution is 0.111. The molecule has 0 aliphatic heterocycles. The second-order valence-electron chi connectivity index (χ2n) is 5.31. The van der Waals surface area contributed by atoms with Gasteiger partial charge in [0.05, 0.1) is 6.10 Å². The van der Waals surface area contributed by atoms with Crippen LogP contribution >= 0.6 is 0 Å². The van der Waals surface area contributed by atoms with Gasteiger partial charge in [-0.2, -0.15) is 14.6 Å². The molecule has 0 aromatic carbocycles. The summed E-state index contributed by atoms with van der Waals surface area (Å²) in [4.78, 5) is 8.43. The molecule has 102 valence electrons. The molecule has 19 heavy (non-hydrogen) atoms. The van der Waals surface area contributed by atoms with Crippen LogP contribution in [0.25, 0.3) is 5.78 Å². The molecule has 0 amide bonds. The van der Waals surface area contributed by atoms with E-state index in [9.17, 15) is 5.11 Å². The van der Waals surface area contributed by atoms with E-state index in [-0.39, 0.29) is 6.10 Å². The number of aryl methyl sites for hydroxylation is 1. The summed E-state index contributed by atoms with van der Waals surface area (Å²) >= 11 is 0. The average molecular weight is 261 g/mol. The number of anilines is 1. The molecule has 0 bridgehead atoms. The Balaban J connectivity index is 1.69. The first-order chi connectivity index (χ1) is 9.22. The highest BCUT2D eigenvalue weighted by atomic mass is 16.3. The maximum absolute atomic E-state index is 9.51. The van der Waals surface area contributed by atoms with E-state index in [2.05, 4.69) is 20.4 Å². The first-order valence-corrected chi connectivity index (χ1v) is 6.81. The Labute approximate surface area is 111 Å². The molecule has 3 rings (SSSR count). The number of aromatic nitrogens is 4. The molecule has 1 saturated carbocycles. The third-order valence-corrected chi connectivity index (χ3v) is 3.77. The maximum Gasteiger partial charge on any atom is 0.254 e. The first kappa shape index (κ1) is 12.3. The SMILES string of the molecule is Cc1cc(NCC2CCC(O)CC2)n2ncnc2n1. The quantitative estimate of drug-likeness (QED) is 0.873. The van der Waals surface area contributed by atoms with Gasteiger partial charge in [-0.3, -0.25) is 0 Å². The van der Waals surface area contributed by atoms with E-state index in [0.29, 0.717) is 11.7 Å². The van der Waals surface area contributed by atoms with Crippen LogP contribution < -0.4 is 5.32 Å². The molecule has 1 aliphatic rings. The summed E-state index contributed by atoms with van der Waals surface area (Å²) < 4.78 is 1.73. The third kappa shape index (κ3) is 2.68. The highest BCUT2D eigenvalue weighted by Crippen LogP contribution is 2.24. The smallest absolute Gasteiger partial charge is 0.254 e. The number of aliphatic hydroxyl groups excluding tert-OH is 1. The molecule has 2 aromatic heterocycles. The van der Waals surface area contributed by atoms with Crippen molar-refractivity contribution in [2.45, 2.75) is 38.7 Å². The highest BCUT2D eigenvalue weighted by Gasteiger charge is 2.19. The fourth-order valence-electron chi connectivity index (χ4n) is 2.65. The van der Waals surface area contributed by atoms with Gasteiger partial charge in [-0.25, -0.2) is 4.98 Å². The van der Waals surface area contributed by atoms with Crippen molar-refractivity contribution in [2.24, 2.45) is 5.92 Å². The van der Waals surface area contributed by atoms with Gasteiger partial charge in [-0.1, -0.05) is 0 Å². The predicted octanol–water partition coefficient (Wildman–Crippen LogP) is 1.40. The molecule has 0 atom stereocenters. The Morgan fingerprint density at radius 1 is 1.37 bits per heavy atom. The second kappa shape index (κ2) is 5.13. The molecule has 6 nitrogen and oxygen atoms in total. The van der Waals surface area contributed by atoms with Gasteiger partial charge in [0.25, 0.3) is 5.78 Å². The third-order valence-electron chi connectivity index (χ3n) is 3.77. The zero-order valence-electron chi connectivity index (χ0n) is 11.1. The summed E-state index contributed by atoms with van der Waals surface area (Å²) in [5.41, 5.74) is 0.932. The number of rotatable bonds is 3. The fourth-order valence-corrected chi connectivity index (χ4v) is 2.65. The van der Waals surface area contributed by atoms with Crippen molar-refractivity contribution in [3.63, 3.8) is 0 Å². The topological polar surface area (TPSA) is 75.3 Å². The number of hydrogen-bond acceptors (Lipinski definition) is 5. The van der Waals surface area contributed by atoms with Gasteiger partial charge < -0.3 is 10.4 Å². The van der Waals surface area contributed by atoms with E-state index in [1.165, 1.54) is 6.33 Å². The van der Waals surface area contributed by atoms with Crippen LogP contribution in [-0.2, 0) is 0 Å². The average Bonchev–Trinajstić information content (AvgIpc) is 2.85. The van der Waals surface area contributed by atoms with E-state index >= 15 is 0 Å². The molecule has 2 aromatic rings. The van der Waals surface area contributed by atoms with Crippen molar-refractivity contribution in [3.05, 3.63) is 18.1 Å². The molecule has 0 spiro atoms. The molecule has 2 heterocycles. The molecule has 1 aliphatic carbocycles. The molecule has 0 unspecified atom stereocenters. The van der Waals surface area contributed by atoms with Crippen LogP contribution in [0, 0.1) is 12.8 Å². The lowest BCUT2D eigenvalue weighted by Gasteiger charge is -2.25. The van der Waals surface area contributed by atoms with Crippen molar-refractivity contribution in [3.8, 4) is 0 Å². The fraction of sp³-hybridized carbons (Fsp3) is 0.615. The minimum atomic E-state index is -0.0959. The van der Waals surface area contributed by atoms with Crippen LogP contribution in [0.1, 0.15) is 31.4 Å². The molecular formula is C13H19N5O. The van der Waals surface area contributed by atoms with Gasteiger partial charge in [0.1, 0.15) is 12.1 Å². The number of nitrogens with one attached hydrogen (secondary N) is 1. The standard InChI is InChI=1S/C13H19N5O/c1-9-6-12(18-13(17-9)15-8-16-18)14-7-10-2-4-11(19)5-3-10/h6,8,10-11,14,19H,2-5,7H2,1H3. The largest absolute Gasteiger partial charge is 0.393 e. The zero-order chi connectivity index (χ0) is 13.2. The molecule has 0 saturated heterocycles. The van der Waals surface area contributed by atoms with Gasteiger partial charge in [0.15, 0.2) is 0 Å². The monoisotopic (exact) mass is 261 g/mol. The van der Waals surface area contributed by atoms with Crippen LogP contribution in [-0.4, -0.2) is 37.3 Å². The summed E-state index contributed by atoms with van der Waals surface area (Å²) in [6.45, 7) is 2.86. The summed E-state index contributed by atoms with van der Waals surface area (Å²) in [6.07, 6.45) is 5.42. The lowest BCUT2D eigenvalue weighted by atomic mass is 9.87. The minimum absolute atomic E-state index is 0.0959. The van der Waals surface area contributed by atoms with E-state index in [0.717, 1.165) is 43.7 Å². The summed E-state index contributed by atoms with van der Waals surface area (Å²) in [7, 11) is 0. The highest BCUT2D eigenvalue weighted by molar-refractivity contribution is 5.44. The molecule has 2 N–H and O–H groups in total. The second-order valence-corrected chi connectivity index (χ2v) is 5.31. The number of fused-ring (bicyclic) bond motifs is 1. The van der Waals surface area contributed by atoms with Gasteiger partial charge >= 0.3 is 0 Å². The van der Waals surface area contributed by atoms with Crippen molar-refractivity contribution in [1.29, 1.82) is 0 Å². The number of nitrogens with zero attached hydrogens (tertiary/aromatic N) is 4. The van der Waals surface area contributed by atoms with Gasteiger partial charge in [0.2, 0.25) is 0 Å². The Bertz CT molecular complexity index is 559. The van der Waals surface area contributed by atoms with Crippen LogP contribution in [0.15, 0.2) is 12.4 Å². The Kier molecular flexibility index (Phi) is 3.33. The van der Waals surface area contributed by atoms with E-state index < -0.39 is 0 Å². The molecule has 1 fully saturated rings. The first-order valence-electron chi connectivity index (χ1n) is 6.81. The lowest BCUT2D eigenvalue weighted by Crippen LogP contribution is -2.24. The Hall–Kier alpha value is -1.69. The van der Waals surface area contributed by atoms with E-state index in [4.69, 9.17) is 0 Å². The normalized spacial score (nSPS) is 23.7. The van der Waals surface area contributed by atoms with Gasteiger partial charge in [-0.05, 0) is 38.5 Å². The number of hydrogen-bond donors (Lipinski definition) is 2. The van der Waals surface area contributed by atoms with Crippen LogP contribution in [0.3, 0.4) is 0 Å². The van der Waals surface area contributed by atoms with Crippen molar-refractivity contribution >= 4 is 11.6 Å². The van der Waals surface area contributed by atoms with Crippen LogP contribution in [0.4, 0.5) is 5.82 Å². The predicted molar refractivity (Wildman–Crippen MR) is 72.0 cm³/mol. The minimum Gasteiger partial charge on any atom is -0.393 e. The van der Waals surface area contributed by atoms with Crippen molar-refractivity contribution in [1.82, 2.24) is 19.6 Å². The Morgan fingerprint density at radius 3 is 2.95 bits per heavy atom. The summed E-state index contributed by atoms with van der Waals surface area (Å²) in [5.74, 6) is 2.18. The molecular weight excluding hydrogens is 242 g/mol. The van der Waals surface area contributed by atoms with Crippen molar-refractivity contribution < 1.29 is 5.11 Å². The van der Waals surface area contributed by atoms with Crippen molar-refractivity contribution in [2.75, 3.05) is 11.9 Å². The van der Waals surface area contributed by atoms with Crippen LogP contribution in [0.2, 0.25) is 0 Å². The number of aliphatic hydroxyl groups is 1. The van der Waals surface area contributed by atoms with Crippen LogP contribution in [0.5, 0.6) is 0 Å². The van der Waals surface area contributed by atoms with Gasteiger partial charge in [-0.15, -0.1) is 0 Å². The van der Waals surface area contributed by atoms with Gasteiger partial charge in [0, 0.05) is 18.3 Å². The molecule has 6 heteroatoms. The summed E-state index contributed by atoms with van der Waals surface area (Å²) in [5, 5.41) is 17.1. The maximum atomic E-state index is 9.51.